The molecule has 11 heteroatoms. The third-order valence-electron chi connectivity index (χ3n) is 9.37. The Kier molecular flexibility index (Phi) is 6.30. The van der Waals surface area contributed by atoms with Gasteiger partial charge in [0.05, 0.1) is 6.04 Å². The summed E-state index contributed by atoms with van der Waals surface area (Å²) in [6, 6.07) is 13.0. The molecule has 44 heavy (non-hydrogen) atoms. The number of hydrogen-bond acceptors (Lipinski definition) is 10. The van der Waals surface area contributed by atoms with Crippen molar-refractivity contribution < 1.29 is 14.6 Å². The van der Waals surface area contributed by atoms with Gasteiger partial charge in [-0.1, -0.05) is 36.4 Å². The standard InChI is InChI=1S/C33H32N8O3/c34-30-40-32(16-43-30)10-22-8-20(23-12-35-18-36-13-23)4-5-21(22)9-25(11-32)39-31-41-33(17-44-31)7-6-27-26(24-14-37-19-38-15-24)2-1-3-28(27)29(33)42/h1-5,8,12-15,18-19,25,29,42H,6-7,9-11,16-17H2,(H2,34,40)(H,39,41). The second-order valence-electron chi connectivity index (χ2n) is 12.2. The van der Waals surface area contributed by atoms with Gasteiger partial charge in [0.25, 0.3) is 12.0 Å². The fourth-order valence-corrected chi connectivity index (χ4v) is 7.23. The molecule has 222 valence electrons. The number of fused-ring (bicyclic) bond motifs is 2. The maximum atomic E-state index is 11.7. The van der Waals surface area contributed by atoms with Crippen LogP contribution in [0.4, 0.5) is 0 Å². The molecule has 2 aromatic heterocycles. The molecule has 1 saturated heterocycles. The molecule has 2 spiro atoms. The number of aromatic nitrogens is 4. The summed E-state index contributed by atoms with van der Waals surface area (Å²) in [7, 11) is 0. The van der Waals surface area contributed by atoms with Crippen LogP contribution >= 0.6 is 0 Å². The van der Waals surface area contributed by atoms with Crippen LogP contribution < -0.4 is 11.1 Å². The molecule has 4 atom stereocenters. The van der Waals surface area contributed by atoms with Crippen molar-refractivity contribution in [2.24, 2.45) is 15.7 Å². The summed E-state index contributed by atoms with van der Waals surface area (Å²) in [6.45, 7) is 0.733. The van der Waals surface area contributed by atoms with Gasteiger partial charge in [-0.3, -0.25) is 0 Å². The molecule has 1 fully saturated rings. The van der Waals surface area contributed by atoms with E-state index in [0.717, 1.165) is 39.8 Å². The van der Waals surface area contributed by atoms with Crippen LogP contribution in [0.2, 0.25) is 0 Å². The third kappa shape index (κ3) is 4.64. The van der Waals surface area contributed by atoms with E-state index in [1.165, 1.54) is 23.8 Å². The van der Waals surface area contributed by atoms with Crippen molar-refractivity contribution in [1.29, 1.82) is 0 Å². The SMILES string of the molecule is NC1=NC2(CO1)Cc1cc(-c3cncnc3)ccc1CC(N=C1NC3(CCc4c(-c5cncnc5)cccc4C3O)CO1)C2. The molecule has 0 amide bonds. The normalized spacial score (nSPS) is 28.0. The summed E-state index contributed by atoms with van der Waals surface area (Å²) in [5.41, 5.74) is 13.3. The Morgan fingerprint density at radius 3 is 2.48 bits per heavy atom. The van der Waals surface area contributed by atoms with Gasteiger partial charge < -0.3 is 25.6 Å². The van der Waals surface area contributed by atoms with Gasteiger partial charge in [-0.2, -0.15) is 0 Å². The van der Waals surface area contributed by atoms with Crippen LogP contribution in [-0.4, -0.2) is 67.4 Å². The minimum absolute atomic E-state index is 0.129. The van der Waals surface area contributed by atoms with Gasteiger partial charge in [-0.25, -0.2) is 29.9 Å². The van der Waals surface area contributed by atoms with E-state index in [4.69, 9.17) is 25.2 Å². The number of ether oxygens (including phenoxy) is 2. The molecule has 4 aromatic rings. The molecule has 2 aromatic carbocycles. The van der Waals surface area contributed by atoms with Crippen LogP contribution in [0.1, 0.15) is 41.2 Å². The van der Waals surface area contributed by atoms with Crippen molar-refractivity contribution in [1.82, 2.24) is 25.3 Å². The summed E-state index contributed by atoms with van der Waals surface area (Å²) >= 11 is 0. The Morgan fingerprint density at radius 1 is 0.909 bits per heavy atom. The van der Waals surface area contributed by atoms with E-state index in [9.17, 15) is 5.11 Å². The predicted molar refractivity (Wildman–Crippen MR) is 164 cm³/mol. The molecule has 2 aliphatic carbocycles. The Bertz CT molecular complexity index is 1780. The largest absolute Gasteiger partial charge is 0.463 e. The number of aliphatic imine (C=N–C) groups is 2. The van der Waals surface area contributed by atoms with Crippen LogP contribution in [0.15, 0.2) is 83.8 Å². The maximum Gasteiger partial charge on any atom is 0.285 e. The van der Waals surface area contributed by atoms with Crippen molar-refractivity contribution in [3.05, 3.63) is 96.1 Å². The molecule has 4 N–H and O–H groups in total. The Labute approximate surface area is 254 Å². The van der Waals surface area contributed by atoms with E-state index in [1.54, 1.807) is 0 Å². The van der Waals surface area contributed by atoms with Crippen LogP contribution in [-0.2, 0) is 28.7 Å². The molecule has 0 saturated carbocycles. The lowest BCUT2D eigenvalue weighted by atomic mass is 9.74. The van der Waals surface area contributed by atoms with Gasteiger partial charge in [-0.05, 0) is 59.1 Å². The number of amidine groups is 2. The summed E-state index contributed by atoms with van der Waals surface area (Å²) in [4.78, 5) is 26.6. The van der Waals surface area contributed by atoms with Gasteiger partial charge in [0.15, 0.2) is 0 Å². The monoisotopic (exact) mass is 588 g/mol. The number of aliphatic hydroxyl groups is 1. The number of nitrogens with one attached hydrogen (secondary N) is 1. The van der Waals surface area contributed by atoms with Crippen molar-refractivity contribution in [2.45, 2.75) is 55.3 Å². The highest BCUT2D eigenvalue weighted by molar-refractivity contribution is 5.78. The lowest BCUT2D eigenvalue weighted by Gasteiger charge is -2.38. The average Bonchev–Trinajstić information content (AvgIpc) is 3.58. The van der Waals surface area contributed by atoms with E-state index in [-0.39, 0.29) is 12.1 Å². The third-order valence-corrected chi connectivity index (χ3v) is 9.37. The van der Waals surface area contributed by atoms with Gasteiger partial charge >= 0.3 is 0 Å². The molecule has 11 nitrogen and oxygen atoms in total. The number of nitrogens with two attached hydrogens (primary N) is 1. The first-order valence-electron chi connectivity index (χ1n) is 14.9. The molecule has 2 aliphatic heterocycles. The predicted octanol–water partition coefficient (Wildman–Crippen LogP) is 2.94. The minimum Gasteiger partial charge on any atom is -0.463 e. The second kappa shape index (κ2) is 10.4. The highest BCUT2D eigenvalue weighted by atomic mass is 16.5. The van der Waals surface area contributed by atoms with Gasteiger partial charge in [0.1, 0.15) is 43.1 Å². The van der Waals surface area contributed by atoms with Crippen molar-refractivity contribution >= 4 is 12.0 Å². The van der Waals surface area contributed by atoms with Gasteiger partial charge in [0, 0.05) is 42.3 Å². The minimum atomic E-state index is -0.766. The van der Waals surface area contributed by atoms with E-state index < -0.39 is 17.2 Å². The summed E-state index contributed by atoms with van der Waals surface area (Å²) in [6.07, 6.45) is 13.1. The molecule has 4 aliphatic rings. The van der Waals surface area contributed by atoms with Gasteiger partial charge in [-0.15, -0.1) is 0 Å². The second-order valence-corrected chi connectivity index (χ2v) is 12.2. The lowest BCUT2D eigenvalue weighted by Crippen LogP contribution is -2.51. The number of aliphatic hydroxyl groups excluding tert-OH is 1. The molecule has 0 bridgehead atoms. The first-order chi connectivity index (χ1) is 21.5. The summed E-state index contributed by atoms with van der Waals surface area (Å²) in [5.74, 6) is 0. The Balaban J connectivity index is 1.08. The fourth-order valence-electron chi connectivity index (χ4n) is 7.23. The van der Waals surface area contributed by atoms with Gasteiger partial charge in [0.2, 0.25) is 0 Å². The molecule has 0 radical (unpaired) electrons. The van der Waals surface area contributed by atoms with E-state index in [1.807, 2.05) is 36.9 Å². The first kappa shape index (κ1) is 26.7. The highest BCUT2D eigenvalue weighted by Crippen LogP contribution is 2.43. The number of benzene rings is 2. The maximum absolute atomic E-state index is 11.7. The molecular formula is C33H32N8O3. The zero-order chi connectivity index (χ0) is 29.7. The summed E-state index contributed by atoms with van der Waals surface area (Å²) in [5, 5.41) is 15.2. The van der Waals surface area contributed by atoms with Crippen molar-refractivity contribution in [3.8, 4) is 22.3 Å². The molecular weight excluding hydrogens is 556 g/mol. The van der Waals surface area contributed by atoms with Crippen LogP contribution in [0.5, 0.6) is 0 Å². The molecule has 4 heterocycles. The zero-order valence-electron chi connectivity index (χ0n) is 24.1. The van der Waals surface area contributed by atoms with E-state index in [2.05, 4.69) is 49.5 Å². The number of hydrogen-bond donors (Lipinski definition) is 3. The topological polar surface area (TPSA) is 153 Å². The Hall–Kier alpha value is -4.90. The van der Waals surface area contributed by atoms with Crippen molar-refractivity contribution in [3.63, 3.8) is 0 Å². The average molecular weight is 589 g/mol. The lowest BCUT2D eigenvalue weighted by molar-refractivity contribution is 0.0473. The summed E-state index contributed by atoms with van der Waals surface area (Å²) < 4.78 is 11.9. The Morgan fingerprint density at radius 2 is 1.70 bits per heavy atom. The number of nitrogens with zero attached hydrogens (tertiary/aromatic N) is 6. The van der Waals surface area contributed by atoms with Crippen molar-refractivity contribution in [2.75, 3.05) is 13.2 Å². The fraction of sp³-hybridized carbons (Fsp3) is 0.333. The highest BCUT2D eigenvalue weighted by Gasteiger charge is 2.49. The van der Waals surface area contributed by atoms with Crippen LogP contribution in [0, 0.1) is 0 Å². The molecule has 4 unspecified atom stereocenters. The quantitative estimate of drug-likeness (QED) is 0.328. The van der Waals surface area contributed by atoms with E-state index >= 15 is 0 Å². The first-order valence-corrected chi connectivity index (χ1v) is 14.9. The van der Waals surface area contributed by atoms with Crippen LogP contribution in [0.25, 0.3) is 22.3 Å². The molecule has 8 rings (SSSR count). The zero-order valence-corrected chi connectivity index (χ0v) is 24.1. The van der Waals surface area contributed by atoms with E-state index in [0.29, 0.717) is 44.9 Å². The van der Waals surface area contributed by atoms with Crippen LogP contribution in [0.3, 0.4) is 0 Å². The number of rotatable bonds is 3. The smallest absolute Gasteiger partial charge is 0.285 e.